The highest BCUT2D eigenvalue weighted by Gasteiger charge is 2.21. The third-order valence-electron chi connectivity index (χ3n) is 4.67. The Bertz CT molecular complexity index is 874. The highest BCUT2D eigenvalue weighted by molar-refractivity contribution is 8.00. The lowest BCUT2D eigenvalue weighted by atomic mass is 10.0. The largest absolute Gasteiger partial charge is 0.349 e. The molecule has 26 heavy (non-hydrogen) atoms. The standard InChI is InChI=1S/C20H20FN3OS/c1-12-16-4-3-5-18(16)24-20(17(12)10-22)26-11-19(25)23-13(2)14-6-8-15(21)9-7-14/h6-9,13H,3-5,11H2,1-2H3,(H,23,25). The number of carbonyl (C=O) groups excluding carboxylic acids is 1. The Kier molecular flexibility index (Phi) is 5.58. The molecule has 0 aliphatic heterocycles. The summed E-state index contributed by atoms with van der Waals surface area (Å²) in [6.45, 7) is 3.82. The molecule has 3 rings (SSSR count). The molecule has 0 saturated heterocycles. The van der Waals surface area contributed by atoms with Gasteiger partial charge in [0.1, 0.15) is 16.9 Å². The maximum Gasteiger partial charge on any atom is 0.230 e. The van der Waals surface area contributed by atoms with Gasteiger partial charge in [0.25, 0.3) is 0 Å². The first-order valence-corrected chi connectivity index (χ1v) is 9.58. The molecule has 2 aromatic rings. The summed E-state index contributed by atoms with van der Waals surface area (Å²) in [4.78, 5) is 16.9. The predicted molar refractivity (Wildman–Crippen MR) is 99.4 cm³/mol. The number of thioether (sulfide) groups is 1. The number of aryl methyl sites for hydroxylation is 1. The number of benzene rings is 1. The summed E-state index contributed by atoms with van der Waals surface area (Å²) in [5, 5.41) is 13.0. The fraction of sp³-hybridized carbons (Fsp3) is 0.350. The van der Waals surface area contributed by atoms with Crippen molar-refractivity contribution in [2.24, 2.45) is 0 Å². The van der Waals surface area contributed by atoms with Crippen molar-refractivity contribution in [3.63, 3.8) is 0 Å². The molecule has 1 aliphatic carbocycles. The lowest BCUT2D eigenvalue weighted by Crippen LogP contribution is -2.28. The number of nitrogens with one attached hydrogen (secondary N) is 1. The summed E-state index contributed by atoms with van der Waals surface area (Å²) in [5.41, 5.74) is 4.67. The average Bonchev–Trinajstić information content (AvgIpc) is 3.09. The minimum atomic E-state index is -0.301. The molecule has 6 heteroatoms. The van der Waals surface area contributed by atoms with E-state index in [-0.39, 0.29) is 23.5 Å². The zero-order valence-corrected chi connectivity index (χ0v) is 15.6. The highest BCUT2D eigenvalue weighted by atomic mass is 32.2. The minimum absolute atomic E-state index is 0.143. The van der Waals surface area contributed by atoms with E-state index >= 15 is 0 Å². The van der Waals surface area contributed by atoms with Crippen LogP contribution in [-0.4, -0.2) is 16.6 Å². The summed E-state index contributed by atoms with van der Waals surface area (Å²) in [5.74, 6) is -0.258. The van der Waals surface area contributed by atoms with E-state index < -0.39 is 0 Å². The summed E-state index contributed by atoms with van der Waals surface area (Å²) in [6.07, 6.45) is 2.98. The molecule has 134 valence electrons. The predicted octanol–water partition coefficient (Wildman–Crippen LogP) is 3.86. The lowest BCUT2D eigenvalue weighted by Gasteiger charge is -2.15. The summed E-state index contributed by atoms with van der Waals surface area (Å²) < 4.78 is 13.0. The van der Waals surface area contributed by atoms with Gasteiger partial charge < -0.3 is 5.32 Å². The van der Waals surface area contributed by atoms with Crippen molar-refractivity contribution in [1.29, 1.82) is 5.26 Å². The molecule has 0 spiro atoms. The van der Waals surface area contributed by atoms with Gasteiger partial charge >= 0.3 is 0 Å². The van der Waals surface area contributed by atoms with Gasteiger partial charge in [-0.05, 0) is 61.9 Å². The third-order valence-corrected chi connectivity index (χ3v) is 5.64. The van der Waals surface area contributed by atoms with Gasteiger partial charge in [-0.25, -0.2) is 9.37 Å². The Morgan fingerprint density at radius 3 is 2.81 bits per heavy atom. The molecule has 1 unspecified atom stereocenters. The zero-order chi connectivity index (χ0) is 18.7. The first-order chi connectivity index (χ1) is 12.5. The van der Waals surface area contributed by atoms with Crippen LogP contribution in [0.5, 0.6) is 0 Å². The molecule has 0 radical (unpaired) electrons. The number of amides is 1. The van der Waals surface area contributed by atoms with E-state index in [0.29, 0.717) is 10.6 Å². The molecule has 0 saturated carbocycles. The van der Waals surface area contributed by atoms with Gasteiger partial charge in [-0.3, -0.25) is 4.79 Å². The van der Waals surface area contributed by atoms with Gasteiger partial charge in [-0.2, -0.15) is 5.26 Å². The van der Waals surface area contributed by atoms with Crippen molar-refractivity contribution in [3.8, 4) is 6.07 Å². The van der Waals surface area contributed by atoms with E-state index in [1.165, 1.54) is 29.5 Å². The number of nitrogens with zero attached hydrogens (tertiary/aromatic N) is 2. The number of hydrogen-bond donors (Lipinski definition) is 1. The van der Waals surface area contributed by atoms with Gasteiger partial charge in [0.05, 0.1) is 17.4 Å². The van der Waals surface area contributed by atoms with Gasteiger partial charge in [0, 0.05) is 5.69 Å². The molecular weight excluding hydrogens is 349 g/mol. The summed E-state index contributed by atoms with van der Waals surface area (Å²) in [7, 11) is 0. The van der Waals surface area contributed by atoms with Gasteiger partial charge in [-0.1, -0.05) is 23.9 Å². The van der Waals surface area contributed by atoms with Crippen LogP contribution in [0.25, 0.3) is 0 Å². The second-order valence-corrected chi connectivity index (χ2v) is 7.40. The quantitative estimate of drug-likeness (QED) is 0.813. The molecule has 1 aromatic carbocycles. The van der Waals surface area contributed by atoms with Gasteiger partial charge in [-0.15, -0.1) is 0 Å². The lowest BCUT2D eigenvalue weighted by molar-refractivity contribution is -0.119. The molecule has 1 heterocycles. The fourth-order valence-electron chi connectivity index (χ4n) is 3.23. The number of nitriles is 1. The van der Waals surface area contributed by atoms with Crippen LogP contribution in [0.4, 0.5) is 4.39 Å². The fourth-order valence-corrected chi connectivity index (χ4v) is 4.10. The number of rotatable bonds is 5. The number of aromatic nitrogens is 1. The van der Waals surface area contributed by atoms with E-state index in [2.05, 4.69) is 16.4 Å². The number of pyridine rings is 1. The first kappa shape index (κ1) is 18.4. The van der Waals surface area contributed by atoms with Crippen molar-refractivity contribution in [2.45, 2.75) is 44.2 Å². The van der Waals surface area contributed by atoms with Crippen molar-refractivity contribution >= 4 is 17.7 Å². The van der Waals surface area contributed by atoms with Crippen LogP contribution in [0.1, 0.15) is 47.3 Å². The Balaban J connectivity index is 1.65. The Morgan fingerprint density at radius 1 is 1.38 bits per heavy atom. The van der Waals surface area contributed by atoms with Gasteiger partial charge in [0.2, 0.25) is 5.91 Å². The maximum absolute atomic E-state index is 13.0. The average molecular weight is 369 g/mol. The zero-order valence-electron chi connectivity index (χ0n) is 14.8. The number of carbonyl (C=O) groups is 1. The van der Waals surface area contributed by atoms with Crippen LogP contribution in [0.2, 0.25) is 0 Å². The van der Waals surface area contributed by atoms with Crippen LogP contribution >= 0.6 is 11.8 Å². The monoisotopic (exact) mass is 369 g/mol. The first-order valence-electron chi connectivity index (χ1n) is 8.59. The van der Waals surface area contributed by atoms with Crippen LogP contribution < -0.4 is 5.32 Å². The molecule has 1 atom stereocenters. The van der Waals surface area contributed by atoms with Crippen LogP contribution in [0.15, 0.2) is 29.3 Å². The van der Waals surface area contributed by atoms with Crippen molar-refractivity contribution in [1.82, 2.24) is 10.3 Å². The molecule has 1 aliphatic rings. The topological polar surface area (TPSA) is 65.8 Å². The van der Waals surface area contributed by atoms with Crippen molar-refractivity contribution in [2.75, 3.05) is 5.75 Å². The molecule has 0 bridgehead atoms. The highest BCUT2D eigenvalue weighted by Crippen LogP contribution is 2.31. The molecular formula is C20H20FN3OS. The van der Waals surface area contributed by atoms with Crippen LogP contribution in [-0.2, 0) is 17.6 Å². The molecule has 0 fully saturated rings. The van der Waals surface area contributed by atoms with Crippen molar-refractivity contribution in [3.05, 3.63) is 58.0 Å². The Labute approximate surface area is 156 Å². The van der Waals surface area contributed by atoms with Crippen molar-refractivity contribution < 1.29 is 9.18 Å². The number of hydrogen-bond acceptors (Lipinski definition) is 4. The van der Waals surface area contributed by atoms with Crippen LogP contribution in [0, 0.1) is 24.1 Å². The third kappa shape index (κ3) is 3.88. The number of halogens is 1. The summed E-state index contributed by atoms with van der Waals surface area (Å²) >= 11 is 1.29. The van der Waals surface area contributed by atoms with Crippen LogP contribution in [0.3, 0.4) is 0 Å². The molecule has 4 nitrogen and oxygen atoms in total. The van der Waals surface area contributed by atoms with E-state index in [0.717, 1.165) is 36.1 Å². The normalized spacial score (nSPS) is 13.8. The molecule has 1 aromatic heterocycles. The second-order valence-electron chi connectivity index (χ2n) is 6.44. The van der Waals surface area contributed by atoms with E-state index in [1.54, 1.807) is 12.1 Å². The molecule has 1 amide bonds. The van der Waals surface area contributed by atoms with E-state index in [1.807, 2.05) is 13.8 Å². The Morgan fingerprint density at radius 2 is 2.12 bits per heavy atom. The second kappa shape index (κ2) is 7.88. The SMILES string of the molecule is Cc1c(C#N)c(SCC(=O)NC(C)c2ccc(F)cc2)nc2c1CCC2. The van der Waals surface area contributed by atoms with E-state index in [9.17, 15) is 14.4 Å². The maximum atomic E-state index is 13.0. The molecule has 1 N–H and O–H groups in total. The number of fused-ring (bicyclic) bond motifs is 1. The van der Waals surface area contributed by atoms with E-state index in [4.69, 9.17) is 0 Å². The minimum Gasteiger partial charge on any atom is -0.349 e. The van der Waals surface area contributed by atoms with Gasteiger partial charge in [0.15, 0.2) is 0 Å². The smallest absolute Gasteiger partial charge is 0.230 e. The Hall–Kier alpha value is -2.39. The summed E-state index contributed by atoms with van der Waals surface area (Å²) in [6, 6.07) is 8.10.